The molecule has 0 saturated heterocycles. The van der Waals surface area contributed by atoms with E-state index < -0.39 is 11.7 Å². The van der Waals surface area contributed by atoms with Gasteiger partial charge in [-0.1, -0.05) is 29.8 Å². The second-order valence-electron chi connectivity index (χ2n) is 9.47. The average Bonchev–Trinajstić information content (AvgIpc) is 3.20. The zero-order chi connectivity index (χ0) is 25.3. The molecular weight excluding hydrogens is 477 g/mol. The maximum atomic E-state index is 13.7. The summed E-state index contributed by atoms with van der Waals surface area (Å²) in [5.74, 6) is -1.14. The van der Waals surface area contributed by atoms with Crippen molar-refractivity contribution in [2.24, 2.45) is 10.4 Å². The second-order valence-corrected chi connectivity index (χ2v) is 9.88. The summed E-state index contributed by atoms with van der Waals surface area (Å²) < 4.78 is 13.6. The topological polar surface area (TPSA) is 61.8 Å². The van der Waals surface area contributed by atoms with Gasteiger partial charge in [0.1, 0.15) is 5.82 Å². The van der Waals surface area contributed by atoms with Crippen LogP contribution in [0, 0.1) is 11.2 Å². The van der Waals surface area contributed by atoms with E-state index in [1.165, 1.54) is 23.4 Å². The van der Waals surface area contributed by atoms with Gasteiger partial charge >= 0.3 is 0 Å². The smallest absolute Gasteiger partial charge is 0.258 e. The van der Waals surface area contributed by atoms with Crippen LogP contribution in [0.3, 0.4) is 0 Å². The monoisotopic (exact) mass is 503 g/mol. The number of hydrogen-bond donors (Lipinski definition) is 1. The Morgan fingerprint density at radius 1 is 1.06 bits per heavy atom. The van der Waals surface area contributed by atoms with E-state index in [-0.39, 0.29) is 21.9 Å². The second kappa shape index (κ2) is 9.86. The first-order valence-electron chi connectivity index (χ1n) is 12.1. The lowest BCUT2D eigenvalue weighted by atomic mass is 9.76. The quantitative estimate of drug-likeness (QED) is 0.439. The Balaban J connectivity index is 1.37. The van der Waals surface area contributed by atoms with Crippen LogP contribution in [0.2, 0.25) is 5.02 Å². The normalized spacial score (nSPS) is 20.3. The molecule has 1 aliphatic carbocycles. The minimum absolute atomic E-state index is 0.0200. The van der Waals surface area contributed by atoms with Crippen LogP contribution in [-0.4, -0.2) is 31.1 Å². The summed E-state index contributed by atoms with van der Waals surface area (Å²) in [4.78, 5) is 32.7. The number of nitrogens with zero attached hydrogens (tertiary/aromatic N) is 2. The number of aliphatic imine (C=N–C) groups is 1. The van der Waals surface area contributed by atoms with Crippen LogP contribution in [0.5, 0.6) is 0 Å². The number of fused-ring (bicyclic) bond motifs is 1. The first-order chi connectivity index (χ1) is 17.4. The van der Waals surface area contributed by atoms with Gasteiger partial charge in [-0.25, -0.2) is 4.39 Å². The lowest BCUT2D eigenvalue weighted by Gasteiger charge is -2.29. The molecule has 1 N–H and O–H groups in total. The Kier molecular flexibility index (Phi) is 6.63. The fraction of sp³-hybridized carbons (Fsp3) is 0.276. The summed E-state index contributed by atoms with van der Waals surface area (Å²) in [6, 6.07) is 18.5. The summed E-state index contributed by atoms with van der Waals surface area (Å²) in [6.07, 6.45) is 5.03. The molecule has 1 aliphatic heterocycles. The molecule has 0 radical (unpaired) electrons. The molecule has 2 amide bonds. The van der Waals surface area contributed by atoms with Crippen LogP contribution in [-0.2, 0) is 6.42 Å². The van der Waals surface area contributed by atoms with E-state index in [1.54, 1.807) is 24.3 Å². The van der Waals surface area contributed by atoms with Crippen molar-refractivity contribution in [1.82, 2.24) is 0 Å². The molecule has 36 heavy (non-hydrogen) atoms. The predicted octanol–water partition coefficient (Wildman–Crippen LogP) is 6.57. The fourth-order valence-corrected chi connectivity index (χ4v) is 5.77. The number of nitrogens with one attached hydrogen (secondary N) is 1. The van der Waals surface area contributed by atoms with Crippen molar-refractivity contribution in [2.75, 3.05) is 23.8 Å². The minimum Gasteiger partial charge on any atom is -0.322 e. The lowest BCUT2D eigenvalue weighted by Crippen LogP contribution is -2.35. The number of para-hydroxylation sites is 1. The Bertz CT molecular complexity index is 1350. The zero-order valence-corrected chi connectivity index (χ0v) is 20.8. The molecule has 1 spiro atoms. The van der Waals surface area contributed by atoms with Crippen LogP contribution in [0.4, 0.5) is 15.8 Å². The first kappa shape index (κ1) is 24.2. The zero-order valence-electron chi connectivity index (χ0n) is 20.1. The van der Waals surface area contributed by atoms with E-state index >= 15 is 0 Å². The van der Waals surface area contributed by atoms with Crippen molar-refractivity contribution in [1.29, 1.82) is 0 Å². The number of halogens is 2. The molecule has 184 valence electrons. The van der Waals surface area contributed by atoms with E-state index in [1.807, 2.05) is 30.1 Å². The first-order valence-corrected chi connectivity index (χ1v) is 12.5. The van der Waals surface area contributed by atoms with Gasteiger partial charge in [-0.3, -0.25) is 14.6 Å². The molecule has 5 rings (SSSR count). The maximum Gasteiger partial charge on any atom is 0.258 e. The van der Waals surface area contributed by atoms with Crippen molar-refractivity contribution < 1.29 is 14.0 Å². The number of amides is 2. The number of hydrogen-bond acceptors (Lipinski definition) is 3. The molecule has 3 aromatic carbocycles. The molecular formula is C29H27ClFN3O2. The third-order valence-electron chi connectivity index (χ3n) is 7.38. The van der Waals surface area contributed by atoms with Gasteiger partial charge in [-0.2, -0.15) is 0 Å². The van der Waals surface area contributed by atoms with E-state index in [0.29, 0.717) is 17.8 Å². The van der Waals surface area contributed by atoms with Crippen molar-refractivity contribution in [2.45, 2.75) is 32.1 Å². The number of benzene rings is 3. The van der Waals surface area contributed by atoms with E-state index in [2.05, 4.69) is 16.4 Å². The van der Waals surface area contributed by atoms with Gasteiger partial charge in [0.15, 0.2) is 0 Å². The lowest BCUT2D eigenvalue weighted by molar-refractivity contribution is 0.0984. The van der Waals surface area contributed by atoms with Crippen LogP contribution in [0.1, 0.15) is 52.0 Å². The van der Waals surface area contributed by atoms with Gasteiger partial charge in [-0.05, 0) is 86.2 Å². The molecule has 0 bridgehead atoms. The SMILES string of the molecule is C/N=C1\CCC[C@]12CCN(C(=O)c1ccc(NC(=O)c3cc(F)ccc3Cl)cc1)c1ccccc1C2. The predicted molar refractivity (Wildman–Crippen MR) is 142 cm³/mol. The minimum atomic E-state index is -0.542. The number of anilines is 2. The summed E-state index contributed by atoms with van der Waals surface area (Å²) >= 11 is 6.04. The number of carbonyl (C=O) groups is 2. The third kappa shape index (κ3) is 4.53. The van der Waals surface area contributed by atoms with Crippen molar-refractivity contribution in [3.63, 3.8) is 0 Å². The van der Waals surface area contributed by atoms with Crippen molar-refractivity contribution in [3.8, 4) is 0 Å². The Morgan fingerprint density at radius 2 is 1.83 bits per heavy atom. The number of rotatable bonds is 3. The van der Waals surface area contributed by atoms with Gasteiger partial charge < -0.3 is 10.2 Å². The van der Waals surface area contributed by atoms with Crippen LogP contribution < -0.4 is 10.2 Å². The molecule has 2 aliphatic rings. The molecule has 3 aromatic rings. The Morgan fingerprint density at radius 3 is 2.61 bits per heavy atom. The molecule has 0 aromatic heterocycles. The summed E-state index contributed by atoms with van der Waals surface area (Å²) in [7, 11) is 1.88. The number of carbonyl (C=O) groups excluding carboxylic acids is 2. The summed E-state index contributed by atoms with van der Waals surface area (Å²) in [5, 5.41) is 2.88. The maximum absolute atomic E-state index is 13.7. The highest BCUT2D eigenvalue weighted by Crippen LogP contribution is 2.46. The summed E-state index contributed by atoms with van der Waals surface area (Å²) in [6.45, 7) is 0.616. The molecule has 0 unspecified atom stereocenters. The standard InChI is InChI=1S/C29H27ClFN3O2/c1-32-26-7-4-14-29(26)15-16-34(25-6-3-2-5-20(25)18-29)28(36)19-8-11-22(12-9-19)33-27(35)23-17-21(31)10-13-24(23)30/h2-3,5-6,8-13,17H,4,7,14-16,18H2,1H3,(H,33,35)/b32-26+/t29-/m1/s1. The van der Waals surface area contributed by atoms with Gasteiger partial charge in [0.2, 0.25) is 0 Å². The molecule has 1 fully saturated rings. The van der Waals surface area contributed by atoms with Gasteiger partial charge in [0, 0.05) is 41.7 Å². The Labute approximate surface area is 215 Å². The van der Waals surface area contributed by atoms with Crippen molar-refractivity contribution >= 4 is 40.5 Å². The van der Waals surface area contributed by atoms with Crippen LogP contribution in [0.15, 0.2) is 71.7 Å². The fourth-order valence-electron chi connectivity index (χ4n) is 5.57. The van der Waals surface area contributed by atoms with Crippen molar-refractivity contribution in [3.05, 3.63) is 94.3 Å². The van der Waals surface area contributed by atoms with E-state index in [9.17, 15) is 14.0 Å². The van der Waals surface area contributed by atoms with E-state index in [0.717, 1.165) is 43.9 Å². The summed E-state index contributed by atoms with van der Waals surface area (Å²) in [5.41, 5.74) is 4.47. The van der Waals surface area contributed by atoms with E-state index in [4.69, 9.17) is 11.6 Å². The average molecular weight is 504 g/mol. The third-order valence-corrected chi connectivity index (χ3v) is 7.71. The highest BCUT2D eigenvalue weighted by Gasteiger charge is 2.42. The largest absolute Gasteiger partial charge is 0.322 e. The van der Waals surface area contributed by atoms with Gasteiger partial charge in [0.05, 0.1) is 10.6 Å². The highest BCUT2D eigenvalue weighted by atomic mass is 35.5. The molecule has 7 heteroatoms. The van der Waals surface area contributed by atoms with Crippen LogP contribution >= 0.6 is 11.6 Å². The van der Waals surface area contributed by atoms with Gasteiger partial charge in [0.25, 0.3) is 11.8 Å². The molecule has 1 saturated carbocycles. The Hall–Kier alpha value is -3.51. The highest BCUT2D eigenvalue weighted by molar-refractivity contribution is 6.34. The van der Waals surface area contributed by atoms with Gasteiger partial charge in [-0.15, -0.1) is 0 Å². The molecule has 1 atom stereocenters. The molecule has 1 heterocycles. The van der Waals surface area contributed by atoms with Crippen LogP contribution in [0.25, 0.3) is 0 Å². The molecule has 5 nitrogen and oxygen atoms in total.